The number of thiazole rings is 1. The number of nitrogens with zero attached hydrogens (tertiary/aromatic N) is 3. The zero-order valence-corrected chi connectivity index (χ0v) is 18.6. The van der Waals surface area contributed by atoms with Crippen molar-refractivity contribution in [3.63, 3.8) is 0 Å². The van der Waals surface area contributed by atoms with Gasteiger partial charge in [0.15, 0.2) is 11.7 Å². The summed E-state index contributed by atoms with van der Waals surface area (Å²) in [7, 11) is 1.61. The Morgan fingerprint density at radius 1 is 1.26 bits per heavy atom. The average molecular weight is 517 g/mol. The third-order valence-electron chi connectivity index (χ3n) is 3.40. The highest BCUT2D eigenvalue weighted by molar-refractivity contribution is 14.0. The fourth-order valence-corrected chi connectivity index (χ4v) is 2.77. The lowest BCUT2D eigenvalue weighted by Gasteiger charge is -2.13. The Labute approximate surface area is 177 Å². The Bertz CT molecular complexity index is 752. The van der Waals surface area contributed by atoms with E-state index in [2.05, 4.69) is 25.6 Å². The number of halogens is 4. The zero-order valence-electron chi connectivity index (χ0n) is 15.5. The molecule has 6 nitrogen and oxygen atoms in total. The van der Waals surface area contributed by atoms with Gasteiger partial charge in [-0.1, -0.05) is 20.8 Å². The Morgan fingerprint density at radius 2 is 1.96 bits per heavy atom. The first-order valence-electron chi connectivity index (χ1n) is 8.01. The first kappa shape index (κ1) is 23.7. The molecule has 2 N–H and O–H groups in total. The van der Waals surface area contributed by atoms with E-state index in [1.165, 1.54) is 0 Å². The Morgan fingerprint density at radius 3 is 2.48 bits per heavy atom. The molecule has 0 unspecified atom stereocenters. The number of guanidine groups is 1. The fraction of sp³-hybridized carbons (Fsp3) is 0.562. The summed E-state index contributed by atoms with van der Waals surface area (Å²) in [6, 6.07) is 0. The second-order valence-corrected chi connectivity index (χ2v) is 7.54. The van der Waals surface area contributed by atoms with E-state index in [9.17, 15) is 13.2 Å². The van der Waals surface area contributed by atoms with Crippen molar-refractivity contribution in [2.75, 3.05) is 13.6 Å². The van der Waals surface area contributed by atoms with Gasteiger partial charge in [-0.2, -0.15) is 13.2 Å². The monoisotopic (exact) mass is 517 g/mol. The molecule has 0 fully saturated rings. The molecule has 0 saturated heterocycles. The van der Waals surface area contributed by atoms with Gasteiger partial charge in [0.05, 0.1) is 17.7 Å². The first-order chi connectivity index (χ1) is 12.1. The molecule has 0 aliphatic heterocycles. The summed E-state index contributed by atoms with van der Waals surface area (Å²) in [5, 5.41) is 7.52. The third-order valence-corrected chi connectivity index (χ3v) is 4.31. The molecule has 0 aliphatic rings. The maximum absolute atomic E-state index is 12.5. The largest absolute Gasteiger partial charge is 0.443 e. The van der Waals surface area contributed by atoms with Crippen molar-refractivity contribution in [2.24, 2.45) is 4.99 Å². The van der Waals surface area contributed by atoms with Gasteiger partial charge in [0.2, 0.25) is 5.89 Å². The molecule has 11 heteroatoms. The molecule has 27 heavy (non-hydrogen) atoms. The molecular weight excluding hydrogens is 494 g/mol. The molecular formula is C16H23F3IN5OS. The normalized spacial score (nSPS) is 12.6. The van der Waals surface area contributed by atoms with Crippen LogP contribution in [0.15, 0.2) is 21.0 Å². The first-order valence-corrected chi connectivity index (χ1v) is 8.89. The molecule has 0 aliphatic carbocycles. The maximum Gasteiger partial charge on any atom is 0.434 e. The Kier molecular flexibility index (Phi) is 8.51. The van der Waals surface area contributed by atoms with E-state index in [0.717, 1.165) is 22.5 Å². The molecule has 0 saturated carbocycles. The van der Waals surface area contributed by atoms with Crippen LogP contribution in [0, 0.1) is 0 Å². The van der Waals surface area contributed by atoms with Crippen LogP contribution < -0.4 is 10.6 Å². The van der Waals surface area contributed by atoms with Crippen LogP contribution in [0.2, 0.25) is 0 Å². The van der Waals surface area contributed by atoms with Gasteiger partial charge in [0, 0.05) is 30.8 Å². The summed E-state index contributed by atoms with van der Waals surface area (Å²) in [4.78, 5) is 11.9. The van der Waals surface area contributed by atoms with E-state index >= 15 is 0 Å². The smallest absolute Gasteiger partial charge is 0.434 e. The molecule has 2 heterocycles. The molecule has 0 amide bonds. The van der Waals surface area contributed by atoms with E-state index in [1.54, 1.807) is 13.2 Å². The average Bonchev–Trinajstić information content (AvgIpc) is 3.18. The summed E-state index contributed by atoms with van der Waals surface area (Å²) in [6.45, 7) is 6.87. The van der Waals surface area contributed by atoms with Gasteiger partial charge in [-0.3, -0.25) is 4.99 Å². The lowest BCUT2D eigenvalue weighted by molar-refractivity contribution is -0.140. The molecule has 0 aromatic carbocycles. The van der Waals surface area contributed by atoms with Crippen LogP contribution in [0.1, 0.15) is 43.1 Å². The van der Waals surface area contributed by atoms with Gasteiger partial charge >= 0.3 is 6.18 Å². The van der Waals surface area contributed by atoms with Crippen molar-refractivity contribution in [1.82, 2.24) is 20.6 Å². The third kappa shape index (κ3) is 7.28. The topological polar surface area (TPSA) is 75.3 Å². The molecule has 2 aromatic rings. The number of oxazole rings is 1. The molecule has 152 valence electrons. The van der Waals surface area contributed by atoms with E-state index in [4.69, 9.17) is 4.42 Å². The SMILES string of the molecule is CN=C(NCCc1nc(C(F)(F)F)cs1)NCc1ncc(C(C)(C)C)o1.I. The van der Waals surface area contributed by atoms with Gasteiger partial charge < -0.3 is 15.1 Å². The number of aliphatic imine (C=N–C) groups is 1. The minimum absolute atomic E-state index is 0. The summed E-state index contributed by atoms with van der Waals surface area (Å²) >= 11 is 0.995. The van der Waals surface area contributed by atoms with Crippen molar-refractivity contribution in [2.45, 2.75) is 45.3 Å². The van der Waals surface area contributed by atoms with Crippen LogP contribution >= 0.6 is 35.3 Å². The van der Waals surface area contributed by atoms with E-state index in [1.807, 2.05) is 20.8 Å². The number of aromatic nitrogens is 2. The molecule has 2 aromatic heterocycles. The summed E-state index contributed by atoms with van der Waals surface area (Å²) < 4.78 is 43.3. The van der Waals surface area contributed by atoms with Crippen molar-refractivity contribution < 1.29 is 17.6 Å². The van der Waals surface area contributed by atoms with Gasteiger partial charge in [0.1, 0.15) is 5.76 Å². The molecule has 0 atom stereocenters. The molecule has 0 bridgehead atoms. The second kappa shape index (κ2) is 9.71. The summed E-state index contributed by atoms with van der Waals surface area (Å²) in [5.74, 6) is 1.84. The number of alkyl halides is 3. The minimum atomic E-state index is -4.40. The molecule has 0 spiro atoms. The van der Waals surface area contributed by atoms with Gasteiger partial charge in [-0.05, 0) is 0 Å². The quantitative estimate of drug-likeness (QED) is 0.357. The van der Waals surface area contributed by atoms with Crippen LogP contribution in [0.3, 0.4) is 0 Å². The number of nitrogens with one attached hydrogen (secondary N) is 2. The van der Waals surface area contributed by atoms with Crippen molar-refractivity contribution in [1.29, 1.82) is 0 Å². The van der Waals surface area contributed by atoms with Crippen molar-refractivity contribution in [3.05, 3.63) is 33.9 Å². The lowest BCUT2D eigenvalue weighted by Crippen LogP contribution is -2.37. The summed E-state index contributed by atoms with van der Waals surface area (Å²) in [6.07, 6.45) is -2.33. The van der Waals surface area contributed by atoms with Crippen LogP contribution in [-0.4, -0.2) is 29.5 Å². The predicted molar refractivity (Wildman–Crippen MR) is 110 cm³/mol. The molecule has 0 radical (unpaired) electrons. The Balaban J connectivity index is 0.00000364. The van der Waals surface area contributed by atoms with Gasteiger partial charge in [-0.15, -0.1) is 35.3 Å². The number of hydrogen-bond acceptors (Lipinski definition) is 5. The van der Waals surface area contributed by atoms with Crippen LogP contribution in [0.25, 0.3) is 0 Å². The van der Waals surface area contributed by atoms with Gasteiger partial charge in [-0.25, -0.2) is 9.97 Å². The fourth-order valence-electron chi connectivity index (χ4n) is 1.96. The van der Waals surface area contributed by atoms with Crippen LogP contribution in [-0.2, 0) is 24.6 Å². The number of hydrogen-bond donors (Lipinski definition) is 2. The predicted octanol–water partition coefficient (Wildman–Crippen LogP) is 3.97. The Hall–Kier alpha value is -1.37. The highest BCUT2D eigenvalue weighted by Crippen LogP contribution is 2.30. The minimum Gasteiger partial charge on any atom is -0.443 e. The highest BCUT2D eigenvalue weighted by Gasteiger charge is 2.33. The van der Waals surface area contributed by atoms with Crippen LogP contribution in [0.4, 0.5) is 13.2 Å². The molecule has 2 rings (SSSR count). The second-order valence-electron chi connectivity index (χ2n) is 6.60. The maximum atomic E-state index is 12.5. The van der Waals surface area contributed by atoms with Gasteiger partial charge in [0.25, 0.3) is 0 Å². The van der Waals surface area contributed by atoms with E-state index in [-0.39, 0.29) is 29.4 Å². The standard InChI is InChI=1S/C16H22F3N5OS.HI/c1-15(2,3)11-7-22-12(25-11)8-23-14(20-4)21-6-5-13-24-10(9-26-13)16(17,18)19;/h7,9H,5-6,8H2,1-4H3,(H2,20,21,23);1H. The van der Waals surface area contributed by atoms with E-state index in [0.29, 0.717) is 36.4 Å². The lowest BCUT2D eigenvalue weighted by atomic mass is 9.94. The zero-order chi connectivity index (χ0) is 19.4. The number of rotatable bonds is 5. The summed E-state index contributed by atoms with van der Waals surface area (Å²) in [5.41, 5.74) is -0.965. The van der Waals surface area contributed by atoms with E-state index < -0.39 is 11.9 Å². The van der Waals surface area contributed by atoms with Crippen LogP contribution in [0.5, 0.6) is 0 Å². The highest BCUT2D eigenvalue weighted by atomic mass is 127. The van der Waals surface area contributed by atoms with Crippen molar-refractivity contribution in [3.8, 4) is 0 Å². The van der Waals surface area contributed by atoms with Crippen molar-refractivity contribution >= 4 is 41.3 Å².